The van der Waals surface area contributed by atoms with Crippen LogP contribution in [0.15, 0.2) is 0 Å². The topological polar surface area (TPSA) is 12.0 Å². The molecule has 0 aromatic rings. The van der Waals surface area contributed by atoms with E-state index in [2.05, 4.69) is 31.1 Å². The number of thioether (sulfide) groups is 1. The van der Waals surface area contributed by atoms with E-state index < -0.39 is 0 Å². The number of nitrogens with one attached hydrogen (secondary N) is 1. The molecule has 0 radical (unpaired) electrons. The molecule has 1 atom stereocenters. The molecule has 1 aliphatic carbocycles. The Hall–Kier alpha value is 0.310. The van der Waals surface area contributed by atoms with Gasteiger partial charge in [0.2, 0.25) is 0 Å². The second-order valence-electron chi connectivity index (χ2n) is 5.07. The lowest BCUT2D eigenvalue weighted by atomic mass is 10.1. The predicted octanol–water partition coefficient (Wildman–Crippen LogP) is 4.22. The van der Waals surface area contributed by atoms with Gasteiger partial charge in [-0.1, -0.05) is 45.4 Å². The van der Waals surface area contributed by atoms with E-state index in [-0.39, 0.29) is 0 Å². The van der Waals surface area contributed by atoms with Crippen LogP contribution < -0.4 is 5.32 Å². The molecule has 2 heteroatoms. The third-order valence-corrected chi connectivity index (χ3v) is 5.19. The van der Waals surface area contributed by atoms with Gasteiger partial charge in [-0.05, 0) is 26.3 Å². The van der Waals surface area contributed by atoms with Crippen molar-refractivity contribution >= 4 is 11.8 Å². The lowest BCUT2D eigenvalue weighted by Crippen LogP contribution is -2.28. The normalized spacial score (nSPS) is 19.1. The highest BCUT2D eigenvalue weighted by Gasteiger charge is 2.16. The quantitative estimate of drug-likeness (QED) is 0.609. The molecule has 0 aliphatic heterocycles. The van der Waals surface area contributed by atoms with Crippen LogP contribution in [-0.4, -0.2) is 24.1 Å². The first-order valence-corrected chi connectivity index (χ1v) is 8.20. The average Bonchev–Trinajstić information content (AvgIpc) is 2.81. The van der Waals surface area contributed by atoms with E-state index in [1.165, 1.54) is 63.5 Å². The maximum atomic E-state index is 3.48. The highest BCUT2D eigenvalue weighted by atomic mass is 32.2. The molecule has 1 saturated carbocycles. The largest absolute Gasteiger partial charge is 0.316 e. The summed E-state index contributed by atoms with van der Waals surface area (Å²) in [6.45, 7) is 2.28. The Morgan fingerprint density at radius 3 is 2.56 bits per heavy atom. The summed E-state index contributed by atoms with van der Waals surface area (Å²) in [7, 11) is 2.12. The number of hydrogen-bond acceptors (Lipinski definition) is 2. The van der Waals surface area contributed by atoms with Crippen molar-refractivity contribution in [3.63, 3.8) is 0 Å². The van der Waals surface area contributed by atoms with Crippen LogP contribution in [0.25, 0.3) is 0 Å². The van der Waals surface area contributed by atoms with Crippen LogP contribution in [0.4, 0.5) is 0 Å². The predicted molar refractivity (Wildman–Crippen MR) is 76.3 cm³/mol. The van der Waals surface area contributed by atoms with Gasteiger partial charge in [-0.2, -0.15) is 11.8 Å². The molecule has 1 fully saturated rings. The molecule has 0 heterocycles. The van der Waals surface area contributed by atoms with Crippen molar-refractivity contribution in [1.82, 2.24) is 5.32 Å². The van der Waals surface area contributed by atoms with E-state index in [1.807, 2.05) is 0 Å². The van der Waals surface area contributed by atoms with Gasteiger partial charge in [0.05, 0.1) is 0 Å². The van der Waals surface area contributed by atoms with Crippen LogP contribution >= 0.6 is 11.8 Å². The molecule has 1 unspecified atom stereocenters. The molecular formula is C14H29NS. The van der Waals surface area contributed by atoms with Crippen LogP contribution in [0.3, 0.4) is 0 Å². The Labute approximate surface area is 106 Å². The molecule has 0 aromatic carbocycles. The van der Waals surface area contributed by atoms with E-state index in [4.69, 9.17) is 0 Å². The highest BCUT2D eigenvalue weighted by Crippen LogP contribution is 2.30. The molecular weight excluding hydrogens is 214 g/mol. The molecule has 1 rings (SSSR count). The minimum atomic E-state index is 0.752. The zero-order valence-corrected chi connectivity index (χ0v) is 12.0. The Morgan fingerprint density at radius 1 is 1.19 bits per heavy atom. The summed E-state index contributed by atoms with van der Waals surface area (Å²) in [6.07, 6.45) is 12.8. The number of hydrogen-bond donors (Lipinski definition) is 1. The van der Waals surface area contributed by atoms with Crippen molar-refractivity contribution in [3.05, 3.63) is 0 Å². The Balaban J connectivity index is 2.01. The fraction of sp³-hybridized carbons (Fsp3) is 1.00. The van der Waals surface area contributed by atoms with E-state index >= 15 is 0 Å². The second-order valence-corrected chi connectivity index (χ2v) is 6.41. The standard InChI is InChI=1S/C14H29NS/c1-3-4-5-6-9-13(15-2)12-16-14-10-7-8-11-14/h13-15H,3-12H2,1-2H3. The molecule has 96 valence electrons. The lowest BCUT2D eigenvalue weighted by molar-refractivity contribution is 0.523. The van der Waals surface area contributed by atoms with E-state index in [0.29, 0.717) is 0 Å². The Kier molecular flexibility index (Phi) is 8.40. The van der Waals surface area contributed by atoms with Crippen LogP contribution in [0.2, 0.25) is 0 Å². The van der Waals surface area contributed by atoms with Gasteiger partial charge in [0.25, 0.3) is 0 Å². The number of unbranched alkanes of at least 4 members (excludes halogenated alkanes) is 3. The molecule has 16 heavy (non-hydrogen) atoms. The van der Waals surface area contributed by atoms with E-state index in [9.17, 15) is 0 Å². The minimum Gasteiger partial charge on any atom is -0.316 e. The van der Waals surface area contributed by atoms with Crippen LogP contribution in [-0.2, 0) is 0 Å². The average molecular weight is 243 g/mol. The summed E-state index contributed by atoms with van der Waals surface area (Å²) in [5.41, 5.74) is 0. The monoisotopic (exact) mass is 243 g/mol. The van der Waals surface area contributed by atoms with Gasteiger partial charge >= 0.3 is 0 Å². The minimum absolute atomic E-state index is 0.752. The highest BCUT2D eigenvalue weighted by molar-refractivity contribution is 7.99. The van der Waals surface area contributed by atoms with E-state index in [1.54, 1.807) is 0 Å². The van der Waals surface area contributed by atoms with Crippen LogP contribution in [0, 0.1) is 0 Å². The van der Waals surface area contributed by atoms with Crippen molar-refractivity contribution in [3.8, 4) is 0 Å². The summed E-state index contributed by atoms with van der Waals surface area (Å²) in [5.74, 6) is 1.33. The van der Waals surface area contributed by atoms with Gasteiger partial charge in [-0.25, -0.2) is 0 Å². The van der Waals surface area contributed by atoms with Crippen molar-refractivity contribution in [2.45, 2.75) is 76.0 Å². The molecule has 1 aliphatic rings. The van der Waals surface area contributed by atoms with Crippen molar-refractivity contribution in [2.75, 3.05) is 12.8 Å². The summed E-state index contributed by atoms with van der Waals surface area (Å²) in [4.78, 5) is 0. The SMILES string of the molecule is CCCCCCC(CSC1CCCC1)NC. The van der Waals surface area contributed by atoms with Crippen LogP contribution in [0.5, 0.6) is 0 Å². The Morgan fingerprint density at radius 2 is 1.94 bits per heavy atom. The molecule has 1 nitrogen and oxygen atoms in total. The zero-order chi connectivity index (χ0) is 11.6. The third kappa shape index (κ3) is 6.15. The molecule has 0 aromatic heterocycles. The van der Waals surface area contributed by atoms with Gasteiger partial charge in [0.1, 0.15) is 0 Å². The summed E-state index contributed by atoms with van der Waals surface area (Å²) >= 11 is 2.22. The maximum absolute atomic E-state index is 3.48. The first kappa shape index (κ1) is 14.4. The first-order chi connectivity index (χ1) is 7.86. The summed E-state index contributed by atoms with van der Waals surface area (Å²) in [5, 5.41) is 4.46. The smallest absolute Gasteiger partial charge is 0.0155 e. The molecule has 0 spiro atoms. The fourth-order valence-corrected chi connectivity index (χ4v) is 3.94. The van der Waals surface area contributed by atoms with Gasteiger partial charge in [0, 0.05) is 17.0 Å². The molecule has 0 amide bonds. The van der Waals surface area contributed by atoms with Gasteiger partial charge in [-0.15, -0.1) is 0 Å². The first-order valence-electron chi connectivity index (χ1n) is 7.15. The van der Waals surface area contributed by atoms with Gasteiger partial charge in [0.15, 0.2) is 0 Å². The lowest BCUT2D eigenvalue weighted by Gasteiger charge is -2.18. The van der Waals surface area contributed by atoms with Gasteiger partial charge in [-0.3, -0.25) is 0 Å². The molecule has 0 saturated heterocycles. The second kappa shape index (κ2) is 9.35. The summed E-state index contributed by atoms with van der Waals surface area (Å²) < 4.78 is 0. The summed E-state index contributed by atoms with van der Waals surface area (Å²) in [6, 6.07) is 0.752. The van der Waals surface area contributed by atoms with Gasteiger partial charge < -0.3 is 5.32 Å². The zero-order valence-electron chi connectivity index (χ0n) is 11.1. The van der Waals surface area contributed by atoms with Crippen molar-refractivity contribution in [2.24, 2.45) is 0 Å². The van der Waals surface area contributed by atoms with Crippen molar-refractivity contribution in [1.29, 1.82) is 0 Å². The van der Waals surface area contributed by atoms with E-state index in [0.717, 1.165) is 11.3 Å². The number of rotatable bonds is 9. The maximum Gasteiger partial charge on any atom is 0.0155 e. The molecule has 0 bridgehead atoms. The van der Waals surface area contributed by atoms with Crippen molar-refractivity contribution < 1.29 is 0 Å². The fourth-order valence-electron chi connectivity index (χ4n) is 2.44. The Bertz CT molecular complexity index is 155. The third-order valence-electron chi connectivity index (χ3n) is 3.65. The molecule has 1 N–H and O–H groups in total. The van der Waals surface area contributed by atoms with Crippen LogP contribution in [0.1, 0.15) is 64.7 Å².